The number of aliphatic hydroxyl groups excluding tert-OH is 1. The van der Waals surface area contributed by atoms with Crippen molar-refractivity contribution in [3.63, 3.8) is 0 Å². The molecule has 0 heterocycles. The molecule has 0 atom stereocenters. The Morgan fingerprint density at radius 1 is 0.889 bits per heavy atom. The van der Waals surface area contributed by atoms with Crippen LogP contribution in [0, 0.1) is 0 Å². The molecule has 0 saturated heterocycles. The van der Waals surface area contributed by atoms with Gasteiger partial charge in [-0.3, -0.25) is 0 Å². The maximum atomic E-state index is 7.00. The molecule has 0 aromatic heterocycles. The molecular weight excluding hydrogens is 116 g/mol. The third kappa shape index (κ3) is 18.1. The van der Waals surface area contributed by atoms with Gasteiger partial charge in [-0.25, -0.2) is 0 Å². The Kier molecular flexibility index (Phi) is 10.3. The second-order valence-electron chi connectivity index (χ2n) is 2.23. The first kappa shape index (κ1) is 11.7. The van der Waals surface area contributed by atoms with Crippen LogP contribution in [0.25, 0.3) is 0 Å². The highest BCUT2D eigenvalue weighted by Crippen LogP contribution is 1.93. The maximum absolute atomic E-state index is 7.00. The summed E-state index contributed by atoms with van der Waals surface area (Å²) < 4.78 is 5.25. The maximum Gasteiger partial charge on any atom is 0.0522 e. The van der Waals surface area contributed by atoms with E-state index in [0.717, 1.165) is 7.11 Å². The summed E-state index contributed by atoms with van der Waals surface area (Å²) in [6.07, 6.45) is 0.750. The lowest BCUT2D eigenvalue weighted by atomic mass is 10.4. The normalized spacial score (nSPS) is 9.33. The van der Waals surface area contributed by atoms with Gasteiger partial charge in [0.1, 0.15) is 0 Å². The van der Waals surface area contributed by atoms with Crippen LogP contribution in [-0.2, 0) is 4.74 Å². The van der Waals surface area contributed by atoms with Crippen LogP contribution in [0.2, 0.25) is 0 Å². The quantitative estimate of drug-likeness (QED) is 0.619. The van der Waals surface area contributed by atoms with E-state index in [4.69, 9.17) is 9.84 Å². The van der Waals surface area contributed by atoms with Gasteiger partial charge in [0, 0.05) is 7.11 Å². The van der Waals surface area contributed by atoms with E-state index in [0.29, 0.717) is 12.2 Å². The first-order valence-electron chi connectivity index (χ1n) is 3.23. The number of hydrogen-bond donors (Lipinski definition) is 1. The molecule has 0 fully saturated rings. The third-order valence-electron chi connectivity index (χ3n) is 0.544. The van der Waals surface area contributed by atoms with Crippen LogP contribution in [0.3, 0.4) is 0 Å². The van der Waals surface area contributed by atoms with Crippen molar-refractivity contribution in [2.45, 2.75) is 39.9 Å². The van der Waals surface area contributed by atoms with Gasteiger partial charge in [0.25, 0.3) is 0 Å². The average Bonchev–Trinajstić information content (AvgIpc) is 1.68. The number of hydrogen-bond acceptors (Lipinski definition) is 2. The van der Waals surface area contributed by atoms with Gasteiger partial charge in [-0.05, 0) is 27.7 Å². The molecule has 0 unspecified atom stereocenters. The van der Waals surface area contributed by atoms with Crippen molar-refractivity contribution in [2.75, 3.05) is 7.11 Å². The Bertz CT molecular complexity index is 36.2. The Hall–Kier alpha value is -0.0800. The predicted molar refractivity (Wildman–Crippen MR) is 39.5 cm³/mol. The van der Waals surface area contributed by atoms with Crippen molar-refractivity contribution in [1.82, 2.24) is 0 Å². The van der Waals surface area contributed by atoms with Gasteiger partial charge in [-0.15, -0.1) is 0 Å². The molecule has 0 saturated carbocycles. The Labute approximate surface area is 57.8 Å². The molecular formula is C7H18O2. The molecule has 0 rings (SSSR count). The van der Waals surface area contributed by atoms with Gasteiger partial charge in [0.2, 0.25) is 0 Å². The van der Waals surface area contributed by atoms with Crippen molar-refractivity contribution >= 4 is 0 Å². The fourth-order valence-electron chi connectivity index (χ4n) is 0.544. The largest absolute Gasteiger partial charge is 0.400 e. The Morgan fingerprint density at radius 3 is 1.11 bits per heavy atom. The lowest BCUT2D eigenvalue weighted by Gasteiger charge is -2.09. The average molecular weight is 134 g/mol. The zero-order valence-electron chi connectivity index (χ0n) is 7.01. The Morgan fingerprint density at radius 2 is 1.11 bits per heavy atom. The molecule has 0 amide bonds. The van der Waals surface area contributed by atoms with Crippen LogP contribution in [0.5, 0.6) is 0 Å². The van der Waals surface area contributed by atoms with Gasteiger partial charge in [-0.1, -0.05) is 0 Å². The molecule has 1 N–H and O–H groups in total. The van der Waals surface area contributed by atoms with Crippen LogP contribution in [0.15, 0.2) is 0 Å². The lowest BCUT2D eigenvalue weighted by Crippen LogP contribution is -2.09. The smallest absolute Gasteiger partial charge is 0.0522 e. The highest BCUT2D eigenvalue weighted by Gasteiger charge is 1.94. The van der Waals surface area contributed by atoms with E-state index >= 15 is 0 Å². The summed E-state index contributed by atoms with van der Waals surface area (Å²) in [5.41, 5.74) is 0. The molecule has 0 aliphatic rings. The molecule has 0 aromatic carbocycles. The Balaban J connectivity index is 0. The first-order valence-corrected chi connectivity index (χ1v) is 3.23. The van der Waals surface area contributed by atoms with E-state index in [1.807, 2.05) is 27.7 Å². The molecule has 2 nitrogen and oxygen atoms in total. The molecule has 58 valence electrons. The van der Waals surface area contributed by atoms with E-state index in [1.165, 1.54) is 0 Å². The minimum atomic E-state index is 0.375. The highest BCUT2D eigenvalue weighted by atomic mass is 16.5. The molecule has 0 aliphatic heterocycles. The number of ether oxygens (including phenoxy) is 1. The summed E-state index contributed by atoms with van der Waals surface area (Å²) in [7, 11) is 1.00. The standard InChI is InChI=1S/C6H14O.CH4O/c1-5(2)7-6(3)4;1-2/h5-6H,1-4H3;2H,1H3. The topological polar surface area (TPSA) is 29.5 Å². The second kappa shape index (κ2) is 7.92. The summed E-state index contributed by atoms with van der Waals surface area (Å²) in [4.78, 5) is 0. The summed E-state index contributed by atoms with van der Waals surface area (Å²) in [5, 5.41) is 7.00. The van der Waals surface area contributed by atoms with Gasteiger partial charge in [0.15, 0.2) is 0 Å². The third-order valence-corrected chi connectivity index (χ3v) is 0.544. The minimum Gasteiger partial charge on any atom is -0.400 e. The first-order chi connectivity index (χ1) is 4.13. The van der Waals surface area contributed by atoms with Gasteiger partial charge < -0.3 is 9.84 Å². The fourth-order valence-corrected chi connectivity index (χ4v) is 0.544. The second-order valence-corrected chi connectivity index (χ2v) is 2.23. The van der Waals surface area contributed by atoms with E-state index in [2.05, 4.69) is 0 Å². The van der Waals surface area contributed by atoms with Crippen molar-refractivity contribution in [3.05, 3.63) is 0 Å². The van der Waals surface area contributed by atoms with Crippen molar-refractivity contribution in [2.24, 2.45) is 0 Å². The van der Waals surface area contributed by atoms with Gasteiger partial charge in [-0.2, -0.15) is 0 Å². The summed E-state index contributed by atoms with van der Waals surface area (Å²) in [6.45, 7) is 8.17. The molecule has 0 bridgehead atoms. The van der Waals surface area contributed by atoms with Crippen molar-refractivity contribution < 1.29 is 9.84 Å². The molecule has 0 aromatic rings. The molecule has 2 heteroatoms. The van der Waals surface area contributed by atoms with Crippen LogP contribution in [0.1, 0.15) is 27.7 Å². The minimum absolute atomic E-state index is 0.375. The number of rotatable bonds is 2. The lowest BCUT2D eigenvalue weighted by molar-refractivity contribution is 0.0300. The summed E-state index contributed by atoms with van der Waals surface area (Å²) in [6, 6.07) is 0. The van der Waals surface area contributed by atoms with Crippen LogP contribution in [0.4, 0.5) is 0 Å². The van der Waals surface area contributed by atoms with Crippen molar-refractivity contribution in [1.29, 1.82) is 0 Å². The van der Waals surface area contributed by atoms with E-state index in [1.54, 1.807) is 0 Å². The van der Waals surface area contributed by atoms with Gasteiger partial charge in [0.05, 0.1) is 12.2 Å². The molecule has 0 spiro atoms. The predicted octanol–water partition coefficient (Wildman–Crippen LogP) is 1.43. The SMILES string of the molecule is CC(C)OC(C)C.CO. The van der Waals surface area contributed by atoms with Crippen LogP contribution < -0.4 is 0 Å². The highest BCUT2D eigenvalue weighted by molar-refractivity contribution is 4.40. The zero-order chi connectivity index (χ0) is 7.86. The fraction of sp³-hybridized carbons (Fsp3) is 1.00. The van der Waals surface area contributed by atoms with E-state index in [-0.39, 0.29) is 0 Å². The van der Waals surface area contributed by atoms with E-state index in [9.17, 15) is 0 Å². The van der Waals surface area contributed by atoms with Gasteiger partial charge >= 0.3 is 0 Å². The van der Waals surface area contributed by atoms with Crippen LogP contribution in [-0.4, -0.2) is 24.4 Å². The van der Waals surface area contributed by atoms with Crippen LogP contribution >= 0.6 is 0 Å². The number of aliphatic hydroxyl groups is 1. The summed E-state index contributed by atoms with van der Waals surface area (Å²) >= 11 is 0. The summed E-state index contributed by atoms with van der Waals surface area (Å²) in [5.74, 6) is 0. The monoisotopic (exact) mass is 134 g/mol. The molecule has 0 radical (unpaired) electrons. The van der Waals surface area contributed by atoms with E-state index < -0.39 is 0 Å². The van der Waals surface area contributed by atoms with Crippen molar-refractivity contribution in [3.8, 4) is 0 Å². The molecule has 9 heavy (non-hydrogen) atoms. The zero-order valence-corrected chi connectivity index (χ0v) is 7.01. The molecule has 0 aliphatic carbocycles.